The fourth-order valence-corrected chi connectivity index (χ4v) is 1.96. The lowest BCUT2D eigenvalue weighted by Gasteiger charge is -2.21. The van der Waals surface area contributed by atoms with Crippen molar-refractivity contribution in [3.05, 3.63) is 0 Å². The first-order chi connectivity index (χ1) is 6.30. The Balaban J connectivity index is 2.22. The second-order valence-corrected chi connectivity index (χ2v) is 3.99. The van der Waals surface area contributed by atoms with Crippen LogP contribution < -0.4 is 5.32 Å². The Hall–Kier alpha value is -0.120. The van der Waals surface area contributed by atoms with Gasteiger partial charge in [-0.05, 0) is 25.9 Å². The van der Waals surface area contributed by atoms with E-state index in [1.165, 1.54) is 25.9 Å². The molecule has 1 saturated heterocycles. The van der Waals surface area contributed by atoms with Crippen molar-refractivity contribution in [2.24, 2.45) is 5.92 Å². The van der Waals surface area contributed by atoms with E-state index in [1.807, 2.05) is 7.05 Å². The summed E-state index contributed by atoms with van der Waals surface area (Å²) >= 11 is 0. The van der Waals surface area contributed by atoms with Crippen molar-refractivity contribution in [1.29, 1.82) is 0 Å². The Bertz CT molecular complexity index is 137. The summed E-state index contributed by atoms with van der Waals surface area (Å²) in [5.41, 5.74) is 0. The van der Waals surface area contributed by atoms with Gasteiger partial charge in [0.15, 0.2) is 0 Å². The standard InChI is InChI=1S/C10H22N2O/c1-3-9-4-5-12(6-9)7-10(8-13)11-2/h9-11,13H,3-8H2,1-2H3. The van der Waals surface area contributed by atoms with Crippen LogP contribution >= 0.6 is 0 Å². The topological polar surface area (TPSA) is 35.5 Å². The van der Waals surface area contributed by atoms with E-state index >= 15 is 0 Å². The van der Waals surface area contributed by atoms with E-state index in [1.54, 1.807) is 0 Å². The normalized spacial score (nSPS) is 26.5. The van der Waals surface area contributed by atoms with E-state index in [4.69, 9.17) is 5.11 Å². The first kappa shape index (κ1) is 11.0. The van der Waals surface area contributed by atoms with E-state index in [0.717, 1.165) is 12.5 Å². The molecule has 1 heterocycles. The van der Waals surface area contributed by atoms with Gasteiger partial charge in [-0.25, -0.2) is 0 Å². The Morgan fingerprint density at radius 1 is 1.62 bits per heavy atom. The van der Waals surface area contributed by atoms with Gasteiger partial charge in [-0.2, -0.15) is 0 Å². The van der Waals surface area contributed by atoms with E-state index in [2.05, 4.69) is 17.1 Å². The minimum atomic E-state index is 0.240. The zero-order valence-electron chi connectivity index (χ0n) is 8.79. The summed E-state index contributed by atoms with van der Waals surface area (Å²) in [6, 6.07) is 0.246. The number of aliphatic hydroxyl groups excluding tert-OH is 1. The molecule has 1 aliphatic heterocycles. The molecule has 1 fully saturated rings. The number of rotatable bonds is 5. The number of aliphatic hydroxyl groups is 1. The number of likely N-dealkylation sites (N-methyl/N-ethyl adjacent to an activating group) is 1. The molecule has 0 aromatic rings. The smallest absolute Gasteiger partial charge is 0.0597 e. The van der Waals surface area contributed by atoms with Gasteiger partial charge in [0.25, 0.3) is 0 Å². The Kier molecular flexibility index (Phi) is 4.70. The minimum Gasteiger partial charge on any atom is -0.395 e. The lowest BCUT2D eigenvalue weighted by Crippen LogP contribution is -2.40. The molecule has 0 aliphatic carbocycles. The van der Waals surface area contributed by atoms with Gasteiger partial charge in [-0.3, -0.25) is 0 Å². The van der Waals surface area contributed by atoms with Crippen LogP contribution in [0.1, 0.15) is 19.8 Å². The van der Waals surface area contributed by atoms with Crippen molar-refractivity contribution in [1.82, 2.24) is 10.2 Å². The van der Waals surface area contributed by atoms with Crippen molar-refractivity contribution >= 4 is 0 Å². The van der Waals surface area contributed by atoms with Gasteiger partial charge in [0.1, 0.15) is 0 Å². The summed E-state index contributed by atoms with van der Waals surface area (Å²) in [6.45, 7) is 5.91. The number of hydrogen-bond donors (Lipinski definition) is 2. The summed E-state index contributed by atoms with van der Waals surface area (Å²) in [7, 11) is 1.91. The lowest BCUT2D eigenvalue weighted by molar-refractivity contribution is 0.201. The third kappa shape index (κ3) is 3.25. The molecule has 13 heavy (non-hydrogen) atoms. The molecule has 3 heteroatoms. The van der Waals surface area contributed by atoms with Crippen LogP contribution in [0, 0.1) is 5.92 Å². The van der Waals surface area contributed by atoms with Gasteiger partial charge < -0.3 is 15.3 Å². The van der Waals surface area contributed by atoms with Crippen LogP contribution in [0.5, 0.6) is 0 Å². The van der Waals surface area contributed by atoms with Crippen molar-refractivity contribution < 1.29 is 5.11 Å². The summed E-state index contributed by atoms with van der Waals surface area (Å²) < 4.78 is 0. The molecule has 2 N–H and O–H groups in total. The highest BCUT2D eigenvalue weighted by atomic mass is 16.3. The average Bonchev–Trinajstić information content (AvgIpc) is 2.61. The van der Waals surface area contributed by atoms with Crippen molar-refractivity contribution in [2.75, 3.05) is 33.3 Å². The molecule has 78 valence electrons. The fraction of sp³-hybridized carbons (Fsp3) is 1.00. The van der Waals surface area contributed by atoms with E-state index in [0.29, 0.717) is 0 Å². The second-order valence-electron chi connectivity index (χ2n) is 3.99. The Morgan fingerprint density at radius 3 is 2.85 bits per heavy atom. The predicted octanol–water partition coefficient (Wildman–Crippen LogP) is 0.299. The summed E-state index contributed by atoms with van der Waals surface area (Å²) in [4.78, 5) is 2.45. The fourth-order valence-electron chi connectivity index (χ4n) is 1.96. The van der Waals surface area contributed by atoms with Crippen LogP contribution in [0.3, 0.4) is 0 Å². The predicted molar refractivity (Wildman–Crippen MR) is 54.8 cm³/mol. The monoisotopic (exact) mass is 186 g/mol. The van der Waals surface area contributed by atoms with Gasteiger partial charge in [-0.1, -0.05) is 13.3 Å². The van der Waals surface area contributed by atoms with Gasteiger partial charge in [0.2, 0.25) is 0 Å². The number of hydrogen-bond acceptors (Lipinski definition) is 3. The lowest BCUT2D eigenvalue weighted by atomic mass is 10.1. The van der Waals surface area contributed by atoms with Crippen LogP contribution in [-0.2, 0) is 0 Å². The SMILES string of the molecule is CCC1CCN(CC(CO)NC)C1. The molecule has 3 nitrogen and oxygen atoms in total. The summed E-state index contributed by atoms with van der Waals surface area (Å²) in [6.07, 6.45) is 2.62. The van der Waals surface area contributed by atoms with Crippen molar-refractivity contribution in [3.8, 4) is 0 Å². The van der Waals surface area contributed by atoms with Crippen LogP contribution in [0.15, 0.2) is 0 Å². The highest BCUT2D eigenvalue weighted by Crippen LogP contribution is 2.18. The van der Waals surface area contributed by atoms with Gasteiger partial charge >= 0.3 is 0 Å². The second kappa shape index (κ2) is 5.58. The number of nitrogens with one attached hydrogen (secondary N) is 1. The third-order valence-corrected chi connectivity index (χ3v) is 3.05. The van der Waals surface area contributed by atoms with Crippen molar-refractivity contribution in [3.63, 3.8) is 0 Å². The molecule has 2 atom stereocenters. The maximum Gasteiger partial charge on any atom is 0.0597 e. The zero-order valence-corrected chi connectivity index (χ0v) is 8.79. The number of likely N-dealkylation sites (tertiary alicyclic amines) is 1. The third-order valence-electron chi connectivity index (χ3n) is 3.05. The first-order valence-corrected chi connectivity index (χ1v) is 5.30. The van der Waals surface area contributed by atoms with Gasteiger partial charge in [0.05, 0.1) is 6.61 Å². The number of nitrogens with zero attached hydrogens (tertiary/aromatic N) is 1. The minimum absolute atomic E-state index is 0.240. The van der Waals surface area contributed by atoms with Crippen molar-refractivity contribution in [2.45, 2.75) is 25.8 Å². The molecule has 0 radical (unpaired) electrons. The maximum atomic E-state index is 9.02. The molecule has 0 aromatic heterocycles. The van der Waals surface area contributed by atoms with Gasteiger partial charge in [-0.15, -0.1) is 0 Å². The summed E-state index contributed by atoms with van der Waals surface area (Å²) in [5, 5.41) is 12.1. The Morgan fingerprint density at radius 2 is 2.38 bits per heavy atom. The molecular weight excluding hydrogens is 164 g/mol. The van der Waals surface area contributed by atoms with E-state index in [-0.39, 0.29) is 12.6 Å². The molecule has 0 spiro atoms. The Labute approximate surface area is 81.1 Å². The highest BCUT2D eigenvalue weighted by molar-refractivity contribution is 4.78. The quantitative estimate of drug-likeness (QED) is 0.648. The first-order valence-electron chi connectivity index (χ1n) is 5.30. The van der Waals surface area contributed by atoms with E-state index < -0.39 is 0 Å². The van der Waals surface area contributed by atoms with Crippen LogP contribution in [0.4, 0.5) is 0 Å². The molecule has 0 aromatic carbocycles. The molecular formula is C10H22N2O. The molecule has 1 rings (SSSR count). The molecule has 2 unspecified atom stereocenters. The van der Waals surface area contributed by atoms with E-state index in [9.17, 15) is 0 Å². The van der Waals surface area contributed by atoms with Crippen LogP contribution in [-0.4, -0.2) is 49.3 Å². The van der Waals surface area contributed by atoms with Gasteiger partial charge in [0, 0.05) is 19.1 Å². The average molecular weight is 186 g/mol. The largest absolute Gasteiger partial charge is 0.395 e. The van der Waals surface area contributed by atoms with Crippen LogP contribution in [0.2, 0.25) is 0 Å². The summed E-state index contributed by atoms with van der Waals surface area (Å²) in [5.74, 6) is 0.885. The molecule has 0 bridgehead atoms. The molecule has 0 saturated carbocycles. The molecule has 1 aliphatic rings. The molecule has 0 amide bonds. The highest BCUT2D eigenvalue weighted by Gasteiger charge is 2.22. The maximum absolute atomic E-state index is 9.02. The zero-order chi connectivity index (χ0) is 9.68. The van der Waals surface area contributed by atoms with Crippen LogP contribution in [0.25, 0.3) is 0 Å².